The summed E-state index contributed by atoms with van der Waals surface area (Å²) in [4.78, 5) is 2.54. The van der Waals surface area contributed by atoms with E-state index in [1.54, 1.807) is 6.07 Å². The van der Waals surface area contributed by atoms with E-state index in [9.17, 15) is 5.11 Å². The number of aromatic hydroxyl groups is 1. The monoisotopic (exact) mass is 233 g/mol. The highest BCUT2D eigenvalue weighted by molar-refractivity contribution is 5.37. The van der Waals surface area contributed by atoms with Crippen molar-refractivity contribution in [2.75, 3.05) is 26.3 Å². The molecule has 0 bridgehead atoms. The first-order valence-electron chi connectivity index (χ1n) is 6.45. The summed E-state index contributed by atoms with van der Waals surface area (Å²) >= 11 is 0. The van der Waals surface area contributed by atoms with Crippen LogP contribution in [0.4, 0.5) is 0 Å². The highest BCUT2D eigenvalue weighted by Crippen LogP contribution is 2.27. The second kappa shape index (κ2) is 4.67. The van der Waals surface area contributed by atoms with Gasteiger partial charge >= 0.3 is 0 Å². The quantitative estimate of drug-likeness (QED) is 0.799. The molecular formula is C14H19NO2. The van der Waals surface area contributed by atoms with Gasteiger partial charge in [-0.15, -0.1) is 0 Å². The number of rotatable bonds is 1. The van der Waals surface area contributed by atoms with Gasteiger partial charge in [-0.05, 0) is 42.5 Å². The van der Waals surface area contributed by atoms with Gasteiger partial charge in [-0.1, -0.05) is 6.07 Å². The molecule has 3 nitrogen and oxygen atoms in total. The Morgan fingerprint density at radius 3 is 2.82 bits per heavy atom. The molecule has 1 unspecified atom stereocenters. The zero-order chi connectivity index (χ0) is 11.7. The predicted molar refractivity (Wildman–Crippen MR) is 66.3 cm³/mol. The fraction of sp³-hybridized carbons (Fsp3) is 0.571. The third kappa shape index (κ3) is 2.31. The van der Waals surface area contributed by atoms with E-state index < -0.39 is 0 Å². The van der Waals surface area contributed by atoms with Gasteiger partial charge < -0.3 is 9.84 Å². The Morgan fingerprint density at radius 1 is 1.18 bits per heavy atom. The van der Waals surface area contributed by atoms with Crippen LogP contribution in [0.3, 0.4) is 0 Å². The summed E-state index contributed by atoms with van der Waals surface area (Å²) in [6.45, 7) is 3.84. The molecular weight excluding hydrogens is 214 g/mol. The Morgan fingerprint density at radius 2 is 2.00 bits per heavy atom. The third-order valence-electron chi connectivity index (χ3n) is 3.95. The van der Waals surface area contributed by atoms with E-state index in [1.165, 1.54) is 17.5 Å². The summed E-state index contributed by atoms with van der Waals surface area (Å²) in [6.07, 6.45) is 3.44. The number of phenols is 1. The van der Waals surface area contributed by atoms with E-state index in [0.29, 0.717) is 11.8 Å². The summed E-state index contributed by atoms with van der Waals surface area (Å²) < 4.78 is 5.40. The molecule has 17 heavy (non-hydrogen) atoms. The Balaban J connectivity index is 1.75. The van der Waals surface area contributed by atoms with E-state index in [4.69, 9.17) is 4.74 Å². The molecule has 1 aromatic carbocycles. The Kier molecular flexibility index (Phi) is 3.04. The zero-order valence-electron chi connectivity index (χ0n) is 10.1. The average Bonchev–Trinajstić information content (AvgIpc) is 2.39. The summed E-state index contributed by atoms with van der Waals surface area (Å²) in [5, 5.41) is 9.55. The van der Waals surface area contributed by atoms with Crippen LogP contribution in [0.15, 0.2) is 18.2 Å². The summed E-state index contributed by atoms with van der Waals surface area (Å²) in [5.74, 6) is 0.395. The number of hydrogen-bond acceptors (Lipinski definition) is 3. The van der Waals surface area contributed by atoms with Gasteiger partial charge in [-0.3, -0.25) is 4.90 Å². The van der Waals surface area contributed by atoms with Gasteiger partial charge in [0.25, 0.3) is 0 Å². The van der Waals surface area contributed by atoms with E-state index in [1.807, 2.05) is 6.07 Å². The largest absolute Gasteiger partial charge is 0.508 e. The maximum absolute atomic E-state index is 9.55. The normalized spacial score (nSPS) is 25.5. The van der Waals surface area contributed by atoms with Crippen LogP contribution in [-0.2, 0) is 17.6 Å². The molecule has 3 rings (SSSR count). The molecule has 92 valence electrons. The Hall–Kier alpha value is -1.06. The minimum absolute atomic E-state index is 0.395. The molecule has 1 N–H and O–H groups in total. The van der Waals surface area contributed by atoms with Crippen LogP contribution in [0.5, 0.6) is 5.75 Å². The van der Waals surface area contributed by atoms with Crippen molar-refractivity contribution in [2.45, 2.75) is 25.3 Å². The summed E-state index contributed by atoms with van der Waals surface area (Å²) in [6, 6.07) is 6.43. The molecule has 0 spiro atoms. The maximum atomic E-state index is 9.55. The topological polar surface area (TPSA) is 32.7 Å². The van der Waals surface area contributed by atoms with Gasteiger partial charge in [-0.2, -0.15) is 0 Å². The van der Waals surface area contributed by atoms with Crippen molar-refractivity contribution < 1.29 is 9.84 Å². The third-order valence-corrected chi connectivity index (χ3v) is 3.95. The molecule has 1 atom stereocenters. The van der Waals surface area contributed by atoms with Crippen molar-refractivity contribution in [1.82, 2.24) is 4.90 Å². The van der Waals surface area contributed by atoms with Crippen molar-refractivity contribution in [3.63, 3.8) is 0 Å². The first kappa shape index (κ1) is 11.1. The molecule has 1 aliphatic heterocycles. The van der Waals surface area contributed by atoms with Gasteiger partial charge in [-0.25, -0.2) is 0 Å². The first-order chi connectivity index (χ1) is 8.33. The maximum Gasteiger partial charge on any atom is 0.115 e. The lowest BCUT2D eigenvalue weighted by Gasteiger charge is -2.37. The highest BCUT2D eigenvalue weighted by Gasteiger charge is 2.25. The lowest BCUT2D eigenvalue weighted by atomic mass is 9.87. The average molecular weight is 233 g/mol. The van der Waals surface area contributed by atoms with Crippen molar-refractivity contribution in [3.05, 3.63) is 29.3 Å². The Labute approximate surface area is 102 Å². The molecule has 0 radical (unpaired) electrons. The summed E-state index contributed by atoms with van der Waals surface area (Å²) in [7, 11) is 0. The van der Waals surface area contributed by atoms with Crippen LogP contribution in [0.2, 0.25) is 0 Å². The SMILES string of the molecule is Oc1ccc2c(c1)CC(N1CCOCC1)CC2. The fourth-order valence-corrected chi connectivity index (χ4v) is 2.98. The van der Waals surface area contributed by atoms with Crippen LogP contribution >= 0.6 is 0 Å². The molecule has 1 saturated heterocycles. The van der Waals surface area contributed by atoms with Gasteiger partial charge in [0, 0.05) is 19.1 Å². The zero-order valence-corrected chi connectivity index (χ0v) is 10.1. The van der Waals surface area contributed by atoms with Crippen LogP contribution < -0.4 is 0 Å². The second-order valence-corrected chi connectivity index (χ2v) is 5.00. The number of nitrogens with zero attached hydrogens (tertiary/aromatic N) is 1. The molecule has 0 saturated carbocycles. The van der Waals surface area contributed by atoms with Crippen molar-refractivity contribution in [3.8, 4) is 5.75 Å². The standard InChI is InChI=1S/C14H19NO2/c16-14-4-2-11-1-3-13(9-12(11)10-14)15-5-7-17-8-6-15/h2,4,10,13,16H,1,3,5-9H2. The number of aryl methyl sites for hydroxylation is 1. The van der Waals surface area contributed by atoms with Crippen molar-refractivity contribution >= 4 is 0 Å². The molecule has 0 amide bonds. The Bertz CT molecular complexity index is 399. The van der Waals surface area contributed by atoms with Crippen LogP contribution in [0.25, 0.3) is 0 Å². The van der Waals surface area contributed by atoms with Gasteiger partial charge in [0.1, 0.15) is 5.75 Å². The van der Waals surface area contributed by atoms with Gasteiger partial charge in [0.2, 0.25) is 0 Å². The van der Waals surface area contributed by atoms with Crippen LogP contribution in [-0.4, -0.2) is 42.4 Å². The lowest BCUT2D eigenvalue weighted by Crippen LogP contribution is -2.45. The first-order valence-corrected chi connectivity index (χ1v) is 6.45. The predicted octanol–water partition coefficient (Wildman–Crippen LogP) is 1.58. The number of benzene rings is 1. The van der Waals surface area contributed by atoms with E-state index in [2.05, 4.69) is 11.0 Å². The lowest BCUT2D eigenvalue weighted by molar-refractivity contribution is 0.0137. The molecule has 2 aliphatic rings. The second-order valence-electron chi connectivity index (χ2n) is 5.00. The summed E-state index contributed by atoms with van der Waals surface area (Å²) in [5.41, 5.74) is 2.74. The number of morpholine rings is 1. The molecule has 1 aliphatic carbocycles. The highest BCUT2D eigenvalue weighted by atomic mass is 16.5. The van der Waals surface area contributed by atoms with Gasteiger partial charge in [0.15, 0.2) is 0 Å². The number of phenolic OH excluding ortho intramolecular Hbond substituents is 1. The fourth-order valence-electron chi connectivity index (χ4n) is 2.98. The number of hydrogen-bond donors (Lipinski definition) is 1. The van der Waals surface area contributed by atoms with Gasteiger partial charge in [0.05, 0.1) is 13.2 Å². The van der Waals surface area contributed by atoms with Crippen LogP contribution in [0, 0.1) is 0 Å². The van der Waals surface area contributed by atoms with E-state index >= 15 is 0 Å². The van der Waals surface area contributed by atoms with Crippen molar-refractivity contribution in [2.24, 2.45) is 0 Å². The smallest absolute Gasteiger partial charge is 0.115 e. The molecule has 1 fully saturated rings. The molecule has 1 heterocycles. The van der Waals surface area contributed by atoms with E-state index in [-0.39, 0.29) is 0 Å². The molecule has 1 aromatic rings. The molecule has 3 heteroatoms. The van der Waals surface area contributed by atoms with E-state index in [0.717, 1.165) is 39.1 Å². The minimum atomic E-state index is 0.395. The molecule has 0 aromatic heterocycles. The van der Waals surface area contributed by atoms with Crippen molar-refractivity contribution in [1.29, 1.82) is 0 Å². The number of ether oxygens (including phenoxy) is 1. The number of fused-ring (bicyclic) bond motifs is 1. The minimum Gasteiger partial charge on any atom is -0.508 e. The van der Waals surface area contributed by atoms with Crippen LogP contribution in [0.1, 0.15) is 17.5 Å².